The molecule has 0 aliphatic carbocycles. The Morgan fingerprint density at radius 2 is 2.26 bits per heavy atom. The van der Waals surface area contributed by atoms with Crippen molar-refractivity contribution in [1.29, 1.82) is 0 Å². The molecule has 1 aliphatic rings. The molecule has 1 unspecified atom stereocenters. The molecule has 1 heterocycles. The van der Waals surface area contributed by atoms with Gasteiger partial charge in [0, 0.05) is 18.8 Å². The van der Waals surface area contributed by atoms with E-state index in [1.165, 1.54) is 10.4 Å². The zero-order valence-electron chi connectivity index (χ0n) is 10.7. The van der Waals surface area contributed by atoms with E-state index in [4.69, 9.17) is 15.6 Å². The lowest BCUT2D eigenvalue weighted by atomic mass is 10.2. The smallest absolute Gasteiger partial charge is 0.243 e. The van der Waals surface area contributed by atoms with Crippen molar-refractivity contribution in [3.8, 4) is 0 Å². The van der Waals surface area contributed by atoms with Gasteiger partial charge in [0.15, 0.2) is 0 Å². The number of nitrogen functional groups attached to an aromatic ring is 1. The van der Waals surface area contributed by atoms with Crippen LogP contribution in [-0.4, -0.2) is 50.2 Å². The summed E-state index contributed by atoms with van der Waals surface area (Å²) < 4.78 is 31.5. The van der Waals surface area contributed by atoms with Crippen molar-refractivity contribution >= 4 is 15.7 Å². The predicted molar refractivity (Wildman–Crippen MR) is 71.2 cm³/mol. The Morgan fingerprint density at radius 3 is 2.89 bits per heavy atom. The maximum atomic E-state index is 12.4. The van der Waals surface area contributed by atoms with E-state index < -0.39 is 16.1 Å². The number of nitrogens with two attached hydrogens (primary N) is 1. The third-order valence-corrected chi connectivity index (χ3v) is 5.05. The second-order valence-corrected chi connectivity index (χ2v) is 6.49. The lowest BCUT2D eigenvalue weighted by molar-refractivity contribution is -0.0304. The summed E-state index contributed by atoms with van der Waals surface area (Å²) >= 11 is 0. The van der Waals surface area contributed by atoms with Gasteiger partial charge in [-0.05, 0) is 24.6 Å². The monoisotopic (exact) mass is 286 g/mol. The molecule has 0 spiro atoms. The van der Waals surface area contributed by atoms with Crippen LogP contribution >= 0.6 is 0 Å². The molecule has 0 radical (unpaired) electrons. The average Bonchev–Trinajstić information content (AvgIpc) is 2.41. The van der Waals surface area contributed by atoms with Gasteiger partial charge in [0.2, 0.25) is 10.0 Å². The number of anilines is 1. The first-order chi connectivity index (χ1) is 8.95. The van der Waals surface area contributed by atoms with Crippen LogP contribution in [0.1, 0.15) is 5.56 Å². The molecule has 1 atom stereocenters. The largest absolute Gasteiger partial charge is 0.398 e. The van der Waals surface area contributed by atoms with Gasteiger partial charge in [-0.15, -0.1) is 0 Å². The van der Waals surface area contributed by atoms with Crippen LogP contribution in [0, 0.1) is 6.92 Å². The van der Waals surface area contributed by atoms with Crippen LogP contribution < -0.4 is 5.73 Å². The molecule has 1 aromatic carbocycles. The topological polar surface area (TPSA) is 92.9 Å². The minimum absolute atomic E-state index is 0.159. The van der Waals surface area contributed by atoms with Crippen LogP contribution in [0.15, 0.2) is 23.1 Å². The van der Waals surface area contributed by atoms with E-state index in [1.807, 2.05) is 6.92 Å². The molecule has 1 saturated heterocycles. The van der Waals surface area contributed by atoms with Crippen LogP contribution in [0.5, 0.6) is 0 Å². The summed E-state index contributed by atoms with van der Waals surface area (Å²) in [6.07, 6.45) is -0.466. The fourth-order valence-corrected chi connectivity index (χ4v) is 3.44. The predicted octanol–water partition coefficient (Wildman–Crippen LogP) is -0.0410. The normalized spacial score (nSPS) is 21.5. The number of aliphatic hydroxyl groups excluding tert-OH is 1. The van der Waals surface area contributed by atoms with Gasteiger partial charge in [-0.25, -0.2) is 8.42 Å². The first-order valence-electron chi connectivity index (χ1n) is 6.04. The van der Waals surface area contributed by atoms with E-state index >= 15 is 0 Å². The Bertz CT molecular complexity index is 559. The fraction of sp³-hybridized carbons (Fsp3) is 0.500. The van der Waals surface area contributed by atoms with Crippen molar-refractivity contribution in [2.45, 2.75) is 17.9 Å². The quantitative estimate of drug-likeness (QED) is 0.761. The van der Waals surface area contributed by atoms with Gasteiger partial charge in [0.25, 0.3) is 0 Å². The Hall–Kier alpha value is -1.15. The number of ether oxygens (including phenoxy) is 1. The van der Waals surface area contributed by atoms with E-state index in [1.54, 1.807) is 12.1 Å². The number of hydrogen-bond acceptors (Lipinski definition) is 5. The number of benzene rings is 1. The van der Waals surface area contributed by atoms with E-state index in [0.717, 1.165) is 5.56 Å². The van der Waals surface area contributed by atoms with E-state index in [-0.39, 0.29) is 31.2 Å². The van der Waals surface area contributed by atoms with Gasteiger partial charge in [-0.2, -0.15) is 4.31 Å². The van der Waals surface area contributed by atoms with Gasteiger partial charge < -0.3 is 15.6 Å². The van der Waals surface area contributed by atoms with Crippen LogP contribution in [0.3, 0.4) is 0 Å². The number of nitrogens with zero attached hydrogens (tertiary/aromatic N) is 1. The summed E-state index contributed by atoms with van der Waals surface area (Å²) in [4.78, 5) is 0.175. The first-order valence-corrected chi connectivity index (χ1v) is 7.48. The molecule has 0 saturated carbocycles. The van der Waals surface area contributed by atoms with Gasteiger partial charge in [0.1, 0.15) is 0 Å². The van der Waals surface area contributed by atoms with Gasteiger partial charge in [-0.3, -0.25) is 0 Å². The van der Waals surface area contributed by atoms with Crippen LogP contribution in [0.2, 0.25) is 0 Å². The summed E-state index contributed by atoms with van der Waals surface area (Å²) in [6, 6.07) is 4.70. The van der Waals surface area contributed by atoms with Crippen molar-refractivity contribution in [3.05, 3.63) is 23.8 Å². The molecule has 0 bridgehead atoms. The zero-order chi connectivity index (χ0) is 14.0. The van der Waals surface area contributed by atoms with E-state index in [9.17, 15) is 8.42 Å². The summed E-state index contributed by atoms with van der Waals surface area (Å²) in [7, 11) is -3.58. The Kier molecular flexibility index (Phi) is 4.10. The summed E-state index contributed by atoms with van der Waals surface area (Å²) in [5.74, 6) is 0. The number of morpholine rings is 1. The lowest BCUT2D eigenvalue weighted by Gasteiger charge is -2.31. The number of rotatable bonds is 3. The van der Waals surface area contributed by atoms with Crippen molar-refractivity contribution in [2.24, 2.45) is 0 Å². The molecule has 1 aliphatic heterocycles. The molecule has 2 rings (SSSR count). The SMILES string of the molecule is Cc1ccc(S(=O)(=O)N2CCOC(CO)C2)cc1N. The molecule has 0 amide bonds. The second kappa shape index (κ2) is 5.46. The number of sulfonamides is 1. The van der Waals surface area contributed by atoms with E-state index in [0.29, 0.717) is 5.69 Å². The van der Waals surface area contributed by atoms with E-state index in [2.05, 4.69) is 0 Å². The van der Waals surface area contributed by atoms with Gasteiger partial charge in [0.05, 0.1) is 24.2 Å². The second-order valence-electron chi connectivity index (χ2n) is 4.56. The molecule has 1 aromatic rings. The van der Waals surface area contributed by atoms with Crippen molar-refractivity contribution < 1.29 is 18.3 Å². The van der Waals surface area contributed by atoms with Crippen LogP contribution in [0.4, 0.5) is 5.69 Å². The minimum Gasteiger partial charge on any atom is -0.398 e. The fourth-order valence-electron chi connectivity index (χ4n) is 1.95. The lowest BCUT2D eigenvalue weighted by Crippen LogP contribution is -2.46. The highest BCUT2D eigenvalue weighted by molar-refractivity contribution is 7.89. The molecule has 1 fully saturated rings. The molecule has 3 N–H and O–H groups in total. The maximum absolute atomic E-state index is 12.4. The van der Waals surface area contributed by atoms with Crippen LogP contribution in [0.25, 0.3) is 0 Å². The molecular formula is C12H18N2O4S. The molecule has 7 heteroatoms. The summed E-state index contributed by atoms with van der Waals surface area (Å²) in [5.41, 5.74) is 7.05. The molecule has 0 aromatic heterocycles. The van der Waals surface area contributed by atoms with Crippen LogP contribution in [-0.2, 0) is 14.8 Å². The maximum Gasteiger partial charge on any atom is 0.243 e. The molecule has 106 valence electrons. The highest BCUT2D eigenvalue weighted by Gasteiger charge is 2.30. The third-order valence-electron chi connectivity index (χ3n) is 3.19. The standard InChI is InChI=1S/C12H18N2O4S/c1-9-2-3-11(6-12(9)13)19(16,17)14-4-5-18-10(7-14)8-15/h2-3,6,10,15H,4-5,7-8,13H2,1H3. The Labute approximate surface area is 112 Å². The van der Waals surface area contributed by atoms with Crippen molar-refractivity contribution in [3.63, 3.8) is 0 Å². The Morgan fingerprint density at radius 1 is 1.53 bits per heavy atom. The number of aryl methyl sites for hydroxylation is 1. The molecule has 6 nitrogen and oxygen atoms in total. The van der Waals surface area contributed by atoms with Crippen molar-refractivity contribution in [1.82, 2.24) is 4.31 Å². The minimum atomic E-state index is -3.58. The number of aliphatic hydroxyl groups is 1. The highest BCUT2D eigenvalue weighted by Crippen LogP contribution is 2.22. The first kappa shape index (κ1) is 14.3. The zero-order valence-corrected chi connectivity index (χ0v) is 11.6. The Balaban J connectivity index is 2.28. The van der Waals surface area contributed by atoms with Gasteiger partial charge >= 0.3 is 0 Å². The highest BCUT2D eigenvalue weighted by atomic mass is 32.2. The molecular weight excluding hydrogens is 268 g/mol. The number of hydrogen-bond donors (Lipinski definition) is 2. The van der Waals surface area contributed by atoms with Crippen molar-refractivity contribution in [2.75, 3.05) is 32.0 Å². The molecule has 19 heavy (non-hydrogen) atoms. The van der Waals surface area contributed by atoms with Gasteiger partial charge in [-0.1, -0.05) is 6.07 Å². The summed E-state index contributed by atoms with van der Waals surface area (Å²) in [5, 5.41) is 9.06. The average molecular weight is 286 g/mol. The third kappa shape index (κ3) is 2.89. The summed E-state index contributed by atoms with van der Waals surface area (Å²) in [6.45, 7) is 2.36.